The van der Waals surface area contributed by atoms with E-state index in [9.17, 15) is 9.00 Å². The van der Waals surface area contributed by atoms with Gasteiger partial charge in [0.05, 0.1) is 5.75 Å². The zero-order chi connectivity index (χ0) is 9.26. The fourth-order valence-electron chi connectivity index (χ4n) is 1.33. The van der Waals surface area contributed by atoms with Gasteiger partial charge in [-0.15, -0.1) is 0 Å². The van der Waals surface area contributed by atoms with Crippen molar-refractivity contribution in [3.63, 3.8) is 0 Å². The lowest BCUT2D eigenvalue weighted by atomic mass is 10.2. The normalized spacial score (nSPS) is 21.5. The van der Waals surface area contributed by atoms with Gasteiger partial charge in [-0.2, -0.15) is 0 Å². The summed E-state index contributed by atoms with van der Waals surface area (Å²) in [7, 11) is -1.06. The molecule has 0 saturated carbocycles. The number of nitrogens with one attached hydrogen (secondary N) is 1. The highest BCUT2D eigenvalue weighted by molar-refractivity contribution is 7.85. The van der Waals surface area contributed by atoms with Crippen LogP contribution in [0, 0.1) is 0 Å². The highest BCUT2D eigenvalue weighted by Crippen LogP contribution is 2.19. The van der Waals surface area contributed by atoms with Gasteiger partial charge in [-0.1, -0.05) is 18.2 Å². The van der Waals surface area contributed by atoms with Crippen LogP contribution in [0.5, 0.6) is 0 Å². The maximum atomic E-state index is 11.3. The van der Waals surface area contributed by atoms with E-state index in [0.717, 1.165) is 11.3 Å². The van der Waals surface area contributed by atoms with E-state index in [1.54, 1.807) is 0 Å². The van der Waals surface area contributed by atoms with E-state index >= 15 is 0 Å². The van der Waals surface area contributed by atoms with Crippen LogP contribution in [0.25, 0.3) is 0 Å². The third-order valence-electron chi connectivity index (χ3n) is 1.90. The van der Waals surface area contributed by atoms with Crippen LogP contribution < -0.4 is 5.32 Å². The number of para-hydroxylation sites is 1. The van der Waals surface area contributed by atoms with Gasteiger partial charge in [0.2, 0.25) is 5.91 Å². The minimum absolute atomic E-state index is 0.106. The summed E-state index contributed by atoms with van der Waals surface area (Å²) in [6.07, 6.45) is 0. The van der Waals surface area contributed by atoms with Crippen LogP contribution in [-0.4, -0.2) is 15.9 Å². The third-order valence-corrected chi connectivity index (χ3v) is 3.12. The van der Waals surface area contributed by atoms with Gasteiger partial charge >= 0.3 is 0 Å². The van der Waals surface area contributed by atoms with Gasteiger partial charge in [0, 0.05) is 16.5 Å². The molecule has 0 aromatic heterocycles. The molecule has 0 radical (unpaired) electrons. The molecular weight excluding hydrogens is 186 g/mol. The summed E-state index contributed by atoms with van der Waals surface area (Å²) < 4.78 is 11.3. The van der Waals surface area contributed by atoms with Crippen LogP contribution in [0.15, 0.2) is 24.3 Å². The van der Waals surface area contributed by atoms with Crippen molar-refractivity contribution >= 4 is 22.4 Å². The average molecular weight is 195 g/mol. The first-order chi connectivity index (χ1) is 6.25. The number of rotatable bonds is 0. The van der Waals surface area contributed by atoms with Crippen molar-refractivity contribution in [1.82, 2.24) is 0 Å². The number of carbonyl (C=O) groups is 1. The standard InChI is InChI=1S/C9H9NO2S/c11-9-6-13(12)5-7-3-1-2-4-8(7)10-9/h1-4H,5-6H2,(H,10,11). The molecule has 0 aliphatic carbocycles. The largest absolute Gasteiger partial charge is 0.325 e. The van der Waals surface area contributed by atoms with Crippen LogP contribution in [0.3, 0.4) is 0 Å². The van der Waals surface area contributed by atoms with Crippen molar-refractivity contribution < 1.29 is 9.00 Å². The number of amides is 1. The first kappa shape index (κ1) is 8.44. The van der Waals surface area contributed by atoms with E-state index in [1.165, 1.54) is 0 Å². The summed E-state index contributed by atoms with van der Waals surface area (Å²) in [5.74, 6) is 0.409. The van der Waals surface area contributed by atoms with Gasteiger partial charge in [0.1, 0.15) is 5.75 Å². The first-order valence-corrected chi connectivity index (χ1v) is 5.47. The Morgan fingerprint density at radius 3 is 2.85 bits per heavy atom. The lowest BCUT2D eigenvalue weighted by Crippen LogP contribution is -2.16. The van der Waals surface area contributed by atoms with E-state index in [2.05, 4.69) is 5.32 Å². The smallest absolute Gasteiger partial charge is 0.237 e. The zero-order valence-electron chi connectivity index (χ0n) is 6.95. The lowest BCUT2D eigenvalue weighted by Gasteiger charge is -2.03. The Hall–Kier alpha value is -1.16. The van der Waals surface area contributed by atoms with Gasteiger partial charge < -0.3 is 5.32 Å². The molecule has 1 aliphatic heterocycles. The van der Waals surface area contributed by atoms with Gasteiger partial charge in [-0.3, -0.25) is 9.00 Å². The Balaban J connectivity index is 2.43. The van der Waals surface area contributed by atoms with E-state index < -0.39 is 10.8 Å². The molecule has 1 aromatic carbocycles. The van der Waals surface area contributed by atoms with Crippen LogP contribution >= 0.6 is 0 Å². The minimum atomic E-state index is -1.06. The topological polar surface area (TPSA) is 46.2 Å². The van der Waals surface area contributed by atoms with E-state index in [1.807, 2.05) is 24.3 Å². The third kappa shape index (κ3) is 1.78. The Morgan fingerprint density at radius 1 is 1.23 bits per heavy atom. The van der Waals surface area contributed by atoms with E-state index in [-0.39, 0.29) is 11.7 Å². The summed E-state index contributed by atoms with van der Waals surface area (Å²) in [5.41, 5.74) is 1.74. The Kier molecular flexibility index (Phi) is 2.14. The Labute approximate surface area is 78.6 Å². The molecule has 1 unspecified atom stereocenters. The molecule has 2 rings (SSSR count). The zero-order valence-corrected chi connectivity index (χ0v) is 7.76. The first-order valence-electron chi connectivity index (χ1n) is 3.98. The maximum absolute atomic E-state index is 11.3. The predicted molar refractivity (Wildman–Crippen MR) is 51.8 cm³/mol. The molecule has 1 N–H and O–H groups in total. The molecule has 0 spiro atoms. The van der Waals surface area contributed by atoms with Gasteiger partial charge in [-0.25, -0.2) is 0 Å². The molecular formula is C9H9NO2S. The predicted octanol–water partition coefficient (Wildman–Crippen LogP) is 0.887. The second-order valence-corrected chi connectivity index (χ2v) is 4.39. The average Bonchev–Trinajstić information content (AvgIpc) is 2.20. The van der Waals surface area contributed by atoms with Crippen molar-refractivity contribution in [3.8, 4) is 0 Å². The summed E-state index contributed by atoms with van der Waals surface area (Å²) in [4.78, 5) is 11.2. The van der Waals surface area contributed by atoms with E-state index in [0.29, 0.717) is 5.75 Å². The number of hydrogen-bond donors (Lipinski definition) is 1. The molecule has 13 heavy (non-hydrogen) atoms. The molecule has 1 atom stereocenters. The fourth-order valence-corrected chi connectivity index (χ4v) is 2.39. The van der Waals surface area contributed by atoms with Crippen molar-refractivity contribution in [2.75, 3.05) is 11.1 Å². The SMILES string of the molecule is O=C1CS(=O)Cc2ccccc2N1. The van der Waals surface area contributed by atoms with Crippen molar-refractivity contribution in [1.29, 1.82) is 0 Å². The monoisotopic (exact) mass is 195 g/mol. The number of anilines is 1. The summed E-state index contributed by atoms with van der Waals surface area (Å²) >= 11 is 0. The highest BCUT2D eigenvalue weighted by atomic mass is 32.2. The van der Waals surface area contributed by atoms with Gasteiger partial charge in [0.15, 0.2) is 0 Å². The summed E-state index contributed by atoms with van der Waals surface area (Å²) in [6.45, 7) is 0. The van der Waals surface area contributed by atoms with Crippen molar-refractivity contribution in [2.45, 2.75) is 5.75 Å². The number of fused-ring (bicyclic) bond motifs is 1. The minimum Gasteiger partial charge on any atom is -0.325 e. The number of hydrogen-bond acceptors (Lipinski definition) is 2. The van der Waals surface area contributed by atoms with Gasteiger partial charge in [0.25, 0.3) is 0 Å². The Morgan fingerprint density at radius 2 is 2.00 bits per heavy atom. The van der Waals surface area contributed by atoms with Crippen molar-refractivity contribution in [2.24, 2.45) is 0 Å². The second kappa shape index (κ2) is 3.30. The summed E-state index contributed by atoms with van der Waals surface area (Å²) in [6, 6.07) is 7.45. The molecule has 0 fully saturated rings. The molecule has 0 saturated heterocycles. The Bertz CT molecular complexity index is 341. The highest BCUT2D eigenvalue weighted by Gasteiger charge is 2.16. The lowest BCUT2D eigenvalue weighted by molar-refractivity contribution is -0.113. The molecule has 1 amide bonds. The van der Waals surface area contributed by atoms with Crippen molar-refractivity contribution in [3.05, 3.63) is 29.8 Å². The second-order valence-electron chi connectivity index (χ2n) is 2.93. The molecule has 1 aliphatic rings. The molecule has 3 nitrogen and oxygen atoms in total. The van der Waals surface area contributed by atoms with Crippen LogP contribution in [-0.2, 0) is 21.3 Å². The molecule has 68 valence electrons. The fraction of sp³-hybridized carbons (Fsp3) is 0.222. The molecule has 4 heteroatoms. The molecule has 0 bridgehead atoms. The number of carbonyl (C=O) groups excluding carboxylic acids is 1. The van der Waals surface area contributed by atoms with E-state index in [4.69, 9.17) is 0 Å². The maximum Gasteiger partial charge on any atom is 0.237 e. The van der Waals surface area contributed by atoms with Crippen LogP contribution in [0.2, 0.25) is 0 Å². The quantitative estimate of drug-likeness (QED) is 0.668. The number of benzene rings is 1. The molecule has 1 aromatic rings. The van der Waals surface area contributed by atoms with Crippen LogP contribution in [0.4, 0.5) is 5.69 Å². The molecule has 1 heterocycles. The van der Waals surface area contributed by atoms with Crippen LogP contribution in [0.1, 0.15) is 5.56 Å². The summed E-state index contributed by atoms with van der Waals surface area (Å²) in [5, 5.41) is 2.72. The van der Waals surface area contributed by atoms with Gasteiger partial charge in [-0.05, 0) is 11.6 Å².